The van der Waals surface area contributed by atoms with Crippen LogP contribution in [0.25, 0.3) is 0 Å². The molecule has 5 nitrogen and oxygen atoms in total. The van der Waals surface area contributed by atoms with Gasteiger partial charge in [-0.1, -0.05) is 6.07 Å². The summed E-state index contributed by atoms with van der Waals surface area (Å²) in [5, 5.41) is 3.83. The summed E-state index contributed by atoms with van der Waals surface area (Å²) in [7, 11) is 0. The Morgan fingerprint density at radius 1 is 1.42 bits per heavy atom. The van der Waals surface area contributed by atoms with E-state index in [1.165, 1.54) is 11.3 Å². The molecule has 1 fully saturated rings. The van der Waals surface area contributed by atoms with Crippen molar-refractivity contribution >= 4 is 22.9 Å². The number of carbonyl (C=O) groups excluding carboxylic acids is 1. The Bertz CT molecular complexity index is 736. The number of amides is 1. The summed E-state index contributed by atoms with van der Waals surface area (Å²) in [5.41, 5.74) is 2.51. The molecule has 0 spiro atoms. The lowest BCUT2D eigenvalue weighted by Crippen LogP contribution is -2.18. The number of carbonyl (C=O) groups is 1. The first-order valence-corrected chi connectivity index (χ1v) is 8.95. The van der Waals surface area contributed by atoms with Gasteiger partial charge in [0.25, 0.3) is 5.91 Å². The van der Waals surface area contributed by atoms with E-state index in [0.717, 1.165) is 35.7 Å². The van der Waals surface area contributed by atoms with E-state index in [4.69, 9.17) is 9.47 Å². The van der Waals surface area contributed by atoms with E-state index >= 15 is 0 Å². The van der Waals surface area contributed by atoms with Crippen molar-refractivity contribution < 1.29 is 14.3 Å². The lowest BCUT2D eigenvalue weighted by molar-refractivity contribution is 0.0681. The van der Waals surface area contributed by atoms with Crippen LogP contribution >= 0.6 is 11.3 Å². The van der Waals surface area contributed by atoms with E-state index < -0.39 is 0 Å². The molecule has 1 aliphatic heterocycles. The van der Waals surface area contributed by atoms with Crippen LogP contribution in [-0.2, 0) is 4.74 Å². The molecule has 1 aromatic carbocycles. The number of hydrogen-bond donors (Lipinski definition) is 1. The average molecular weight is 346 g/mol. The minimum atomic E-state index is -0.149. The van der Waals surface area contributed by atoms with Crippen LogP contribution < -0.4 is 10.1 Å². The lowest BCUT2D eigenvalue weighted by atomic mass is 10.2. The molecule has 1 unspecified atom stereocenters. The van der Waals surface area contributed by atoms with Gasteiger partial charge in [-0.05, 0) is 51.3 Å². The van der Waals surface area contributed by atoms with Crippen molar-refractivity contribution in [2.45, 2.75) is 39.7 Å². The van der Waals surface area contributed by atoms with Gasteiger partial charge >= 0.3 is 0 Å². The Labute approximate surface area is 146 Å². The summed E-state index contributed by atoms with van der Waals surface area (Å²) >= 11 is 1.40. The molecular weight excluding hydrogens is 324 g/mol. The molecule has 3 rings (SSSR count). The van der Waals surface area contributed by atoms with Crippen molar-refractivity contribution in [1.82, 2.24) is 4.98 Å². The van der Waals surface area contributed by atoms with Crippen LogP contribution in [-0.4, -0.2) is 30.2 Å². The number of ether oxygens (including phenoxy) is 2. The number of thiazole rings is 1. The molecule has 6 heteroatoms. The molecule has 0 aliphatic carbocycles. The summed E-state index contributed by atoms with van der Waals surface area (Å²) in [6, 6.07) is 5.77. The average Bonchev–Trinajstić information content (AvgIpc) is 3.16. The highest BCUT2D eigenvalue weighted by molar-refractivity contribution is 7.13. The molecule has 128 valence electrons. The maximum Gasteiger partial charge on any atom is 0.267 e. The fourth-order valence-electron chi connectivity index (χ4n) is 2.73. The van der Waals surface area contributed by atoms with E-state index in [-0.39, 0.29) is 12.0 Å². The predicted molar refractivity (Wildman–Crippen MR) is 95.2 cm³/mol. The Morgan fingerprint density at radius 3 is 2.92 bits per heavy atom. The maximum atomic E-state index is 12.5. The third-order valence-electron chi connectivity index (χ3n) is 3.94. The van der Waals surface area contributed by atoms with Crippen molar-refractivity contribution in [3.8, 4) is 5.75 Å². The fraction of sp³-hybridized carbons (Fsp3) is 0.444. The van der Waals surface area contributed by atoms with Crippen LogP contribution in [0.3, 0.4) is 0 Å². The fourth-order valence-corrected chi connectivity index (χ4v) is 3.55. The number of aromatic nitrogens is 1. The first-order chi connectivity index (χ1) is 11.5. The Kier molecular flexibility index (Phi) is 5.16. The van der Waals surface area contributed by atoms with Gasteiger partial charge in [0, 0.05) is 6.61 Å². The number of nitrogens with zero attached hydrogens (tertiary/aromatic N) is 1. The molecule has 0 saturated carbocycles. The largest absolute Gasteiger partial charge is 0.489 e. The molecule has 1 N–H and O–H groups in total. The molecule has 2 heterocycles. The third-order valence-corrected chi connectivity index (χ3v) is 5.02. The van der Waals surface area contributed by atoms with Crippen LogP contribution in [0.4, 0.5) is 5.69 Å². The van der Waals surface area contributed by atoms with Gasteiger partial charge in [0.1, 0.15) is 17.2 Å². The van der Waals surface area contributed by atoms with Crippen molar-refractivity contribution in [2.24, 2.45) is 0 Å². The number of benzene rings is 1. The SMILES string of the molecule is Cc1ccc(NC(=O)c2sc(C)nc2C)c(OCC2CCCO2)c1. The predicted octanol–water partition coefficient (Wildman–Crippen LogP) is 3.88. The third kappa shape index (κ3) is 3.94. The number of nitrogens with one attached hydrogen (secondary N) is 1. The monoisotopic (exact) mass is 346 g/mol. The molecule has 24 heavy (non-hydrogen) atoms. The van der Waals surface area contributed by atoms with Crippen LogP contribution in [0.1, 0.15) is 38.8 Å². The Balaban J connectivity index is 1.74. The Hall–Kier alpha value is -1.92. The second kappa shape index (κ2) is 7.32. The highest BCUT2D eigenvalue weighted by atomic mass is 32.1. The standard InChI is InChI=1S/C18H22N2O3S/c1-11-6-7-15(16(9-11)23-10-14-5-4-8-22-14)20-18(21)17-12(2)19-13(3)24-17/h6-7,9,14H,4-5,8,10H2,1-3H3,(H,20,21). The summed E-state index contributed by atoms with van der Waals surface area (Å²) in [4.78, 5) is 17.5. The number of rotatable bonds is 5. The van der Waals surface area contributed by atoms with Gasteiger partial charge in [0.2, 0.25) is 0 Å². The zero-order valence-electron chi connectivity index (χ0n) is 14.2. The summed E-state index contributed by atoms with van der Waals surface area (Å²) in [6.07, 6.45) is 2.24. The van der Waals surface area contributed by atoms with Crippen molar-refractivity contribution in [1.29, 1.82) is 0 Å². The molecule has 1 atom stereocenters. The Morgan fingerprint density at radius 2 is 2.25 bits per heavy atom. The smallest absolute Gasteiger partial charge is 0.267 e. The van der Waals surface area contributed by atoms with Gasteiger partial charge in [-0.3, -0.25) is 4.79 Å². The normalized spacial score (nSPS) is 17.0. The molecule has 2 aromatic rings. The first-order valence-electron chi connectivity index (χ1n) is 8.13. The maximum absolute atomic E-state index is 12.5. The van der Waals surface area contributed by atoms with Gasteiger partial charge in [0.15, 0.2) is 0 Å². The molecule has 1 aromatic heterocycles. The van der Waals surface area contributed by atoms with Crippen molar-refractivity contribution in [3.63, 3.8) is 0 Å². The second-order valence-corrected chi connectivity index (χ2v) is 7.25. The van der Waals surface area contributed by atoms with E-state index in [9.17, 15) is 4.79 Å². The minimum Gasteiger partial charge on any atom is -0.489 e. The summed E-state index contributed by atoms with van der Waals surface area (Å²) in [6.45, 7) is 7.06. The first kappa shape index (κ1) is 16.9. The quantitative estimate of drug-likeness (QED) is 0.892. The minimum absolute atomic E-state index is 0.139. The topological polar surface area (TPSA) is 60.5 Å². The molecule has 1 saturated heterocycles. The molecular formula is C18H22N2O3S. The highest BCUT2D eigenvalue weighted by Crippen LogP contribution is 2.28. The molecule has 0 bridgehead atoms. The van der Waals surface area contributed by atoms with E-state index in [0.29, 0.717) is 22.9 Å². The van der Waals surface area contributed by atoms with Gasteiger partial charge < -0.3 is 14.8 Å². The number of aryl methyl sites for hydroxylation is 3. The number of hydrogen-bond acceptors (Lipinski definition) is 5. The zero-order chi connectivity index (χ0) is 17.1. The zero-order valence-corrected chi connectivity index (χ0v) is 15.0. The van der Waals surface area contributed by atoms with Crippen LogP contribution in [0, 0.1) is 20.8 Å². The van der Waals surface area contributed by atoms with Gasteiger partial charge in [-0.2, -0.15) is 0 Å². The lowest BCUT2D eigenvalue weighted by Gasteiger charge is -2.15. The highest BCUT2D eigenvalue weighted by Gasteiger charge is 2.19. The van der Waals surface area contributed by atoms with Crippen molar-refractivity contribution in [3.05, 3.63) is 39.3 Å². The van der Waals surface area contributed by atoms with Gasteiger partial charge in [-0.15, -0.1) is 11.3 Å². The molecule has 0 radical (unpaired) electrons. The van der Waals surface area contributed by atoms with Crippen LogP contribution in [0.5, 0.6) is 5.75 Å². The van der Waals surface area contributed by atoms with Crippen LogP contribution in [0.15, 0.2) is 18.2 Å². The summed E-state index contributed by atoms with van der Waals surface area (Å²) < 4.78 is 11.5. The van der Waals surface area contributed by atoms with E-state index in [1.54, 1.807) is 0 Å². The van der Waals surface area contributed by atoms with E-state index in [1.807, 2.05) is 39.0 Å². The number of anilines is 1. The van der Waals surface area contributed by atoms with Gasteiger partial charge in [0.05, 0.1) is 22.5 Å². The molecule has 1 aliphatic rings. The van der Waals surface area contributed by atoms with Gasteiger partial charge in [-0.25, -0.2) is 4.98 Å². The van der Waals surface area contributed by atoms with E-state index in [2.05, 4.69) is 10.3 Å². The van der Waals surface area contributed by atoms with Crippen molar-refractivity contribution in [2.75, 3.05) is 18.5 Å². The van der Waals surface area contributed by atoms with Crippen LogP contribution in [0.2, 0.25) is 0 Å². The molecule has 1 amide bonds. The second-order valence-electron chi connectivity index (χ2n) is 6.05. The summed E-state index contributed by atoms with van der Waals surface area (Å²) in [5.74, 6) is 0.529.